The van der Waals surface area contributed by atoms with Gasteiger partial charge in [0, 0.05) is 5.92 Å². The van der Waals surface area contributed by atoms with Crippen LogP contribution in [0.2, 0.25) is 0 Å². The van der Waals surface area contributed by atoms with Gasteiger partial charge in [-0.15, -0.1) is 0 Å². The zero-order valence-corrected chi connectivity index (χ0v) is 20.6. The molecule has 5 aliphatic carbocycles. The van der Waals surface area contributed by atoms with E-state index in [2.05, 4.69) is 36.4 Å². The van der Waals surface area contributed by atoms with Crippen molar-refractivity contribution < 1.29 is 23.7 Å². The Kier molecular flexibility index (Phi) is 8.05. The van der Waals surface area contributed by atoms with Gasteiger partial charge < -0.3 is 18.9 Å². The Labute approximate surface area is 209 Å². The predicted molar refractivity (Wildman–Crippen MR) is 135 cm³/mol. The number of hydrogen-bond donors (Lipinski definition) is 0. The average Bonchev–Trinajstić information content (AvgIpc) is 3.14. The van der Waals surface area contributed by atoms with Crippen molar-refractivity contribution in [1.82, 2.24) is 0 Å². The van der Waals surface area contributed by atoms with Crippen LogP contribution in [0, 0.1) is 23.2 Å². The summed E-state index contributed by atoms with van der Waals surface area (Å²) in [6, 6.07) is 8.21. The zero-order valence-electron chi connectivity index (χ0n) is 20.6. The van der Waals surface area contributed by atoms with Crippen LogP contribution in [0.25, 0.3) is 0 Å². The Hall–Kier alpha value is -2.37. The summed E-state index contributed by atoms with van der Waals surface area (Å²) in [7, 11) is 0. The van der Waals surface area contributed by atoms with Gasteiger partial charge in [0.1, 0.15) is 19.0 Å². The Morgan fingerprint density at radius 2 is 1.26 bits per heavy atom. The molecule has 4 fully saturated rings. The Bertz CT molecular complexity index is 877. The van der Waals surface area contributed by atoms with E-state index in [0.717, 1.165) is 42.8 Å². The number of carbonyl (C=O) groups excluding carboxylic acids is 1. The molecule has 4 bridgehead atoms. The van der Waals surface area contributed by atoms with Crippen molar-refractivity contribution in [2.75, 3.05) is 39.6 Å². The summed E-state index contributed by atoms with van der Waals surface area (Å²) >= 11 is 0. The monoisotopic (exact) mass is 478 g/mol. The second-order valence-corrected chi connectivity index (χ2v) is 10.7. The minimum Gasteiger partial charge on any atom is -0.491 e. The number of carbonyl (C=O) groups is 1. The van der Waals surface area contributed by atoms with Crippen LogP contribution in [-0.2, 0) is 19.0 Å². The lowest BCUT2D eigenvalue weighted by atomic mass is 9.49. The van der Waals surface area contributed by atoms with Gasteiger partial charge in [0.2, 0.25) is 0 Å². The number of hydrogen-bond acceptors (Lipinski definition) is 5. The van der Waals surface area contributed by atoms with Gasteiger partial charge >= 0.3 is 5.97 Å². The number of allylic oxidation sites excluding steroid dienone is 6. The third-order valence-electron chi connectivity index (χ3n) is 8.04. The van der Waals surface area contributed by atoms with Crippen molar-refractivity contribution in [3.8, 4) is 5.75 Å². The fraction of sp³-hybridized carbons (Fsp3) is 0.567. The molecule has 1 aromatic rings. The number of benzene rings is 1. The molecule has 0 unspecified atom stereocenters. The lowest BCUT2D eigenvalue weighted by Crippen LogP contribution is -2.50. The molecule has 0 heterocycles. The highest BCUT2D eigenvalue weighted by Gasteiger charge is 2.55. The average molecular weight is 479 g/mol. The third-order valence-corrected chi connectivity index (χ3v) is 8.04. The molecular formula is C30H38O5. The van der Waals surface area contributed by atoms with Crippen molar-refractivity contribution in [2.45, 2.75) is 44.4 Å². The van der Waals surface area contributed by atoms with E-state index in [4.69, 9.17) is 18.9 Å². The lowest BCUT2D eigenvalue weighted by Gasteiger charge is -2.55. The molecule has 0 radical (unpaired) electrons. The molecule has 0 amide bonds. The summed E-state index contributed by atoms with van der Waals surface area (Å²) in [5, 5.41) is 0. The van der Waals surface area contributed by atoms with E-state index in [1.54, 1.807) is 0 Å². The quantitative estimate of drug-likeness (QED) is 0.288. The first-order valence-corrected chi connectivity index (χ1v) is 13.3. The fourth-order valence-electron chi connectivity index (χ4n) is 6.82. The van der Waals surface area contributed by atoms with Crippen LogP contribution in [0.4, 0.5) is 0 Å². The predicted octanol–water partition coefficient (Wildman–Crippen LogP) is 5.62. The van der Waals surface area contributed by atoms with Crippen molar-refractivity contribution in [3.63, 3.8) is 0 Å². The summed E-state index contributed by atoms with van der Waals surface area (Å²) in [6.07, 6.45) is 19.7. The second kappa shape index (κ2) is 11.6. The minimum absolute atomic E-state index is 0.0285. The van der Waals surface area contributed by atoms with Gasteiger partial charge in [-0.05, 0) is 74.0 Å². The number of esters is 1. The first kappa shape index (κ1) is 24.3. The van der Waals surface area contributed by atoms with Crippen LogP contribution < -0.4 is 4.74 Å². The summed E-state index contributed by atoms with van der Waals surface area (Å²) < 4.78 is 22.6. The normalized spacial score (nSPS) is 28.9. The summed E-state index contributed by atoms with van der Waals surface area (Å²) in [5.41, 5.74) is 1.06. The van der Waals surface area contributed by atoms with E-state index in [9.17, 15) is 4.79 Å². The largest absolute Gasteiger partial charge is 0.491 e. The minimum atomic E-state index is -0.182. The maximum Gasteiger partial charge on any atom is 0.312 e. The molecule has 5 nitrogen and oxygen atoms in total. The van der Waals surface area contributed by atoms with Crippen molar-refractivity contribution in [3.05, 3.63) is 66.3 Å². The summed E-state index contributed by atoms with van der Waals surface area (Å²) in [6.45, 7) is 2.75. The number of rotatable bonds is 12. The Morgan fingerprint density at radius 3 is 1.86 bits per heavy atom. The Balaban J connectivity index is 0.893. The maximum absolute atomic E-state index is 12.8. The molecule has 0 atom stereocenters. The molecular weight excluding hydrogens is 440 g/mol. The summed E-state index contributed by atoms with van der Waals surface area (Å²) in [5.74, 6) is 3.43. The van der Waals surface area contributed by atoms with Crippen LogP contribution in [-0.4, -0.2) is 45.6 Å². The third kappa shape index (κ3) is 6.25. The molecule has 0 aliphatic heterocycles. The molecule has 6 rings (SSSR count). The van der Waals surface area contributed by atoms with Crippen molar-refractivity contribution in [2.24, 2.45) is 23.2 Å². The first-order valence-electron chi connectivity index (χ1n) is 13.3. The lowest BCUT2D eigenvalue weighted by molar-refractivity contribution is -0.173. The van der Waals surface area contributed by atoms with Gasteiger partial charge in [-0.3, -0.25) is 4.79 Å². The molecule has 0 aromatic heterocycles. The molecule has 0 N–H and O–H groups in total. The van der Waals surface area contributed by atoms with E-state index in [-0.39, 0.29) is 11.4 Å². The fourth-order valence-corrected chi connectivity index (χ4v) is 6.82. The van der Waals surface area contributed by atoms with Gasteiger partial charge in [-0.2, -0.15) is 0 Å². The molecule has 0 spiro atoms. The standard InChI is InChI=1S/C30H38O5/c31-29(30-20-23-17-24(21-30)19-25(18-23)22-30)35-16-14-33-12-11-32-13-15-34-28-9-7-27(8-10-28)26-5-3-1-2-4-6-26/h1-10,23-26H,11-22H2. The second-order valence-electron chi connectivity index (χ2n) is 10.7. The molecule has 5 aliphatic rings. The highest BCUT2D eigenvalue weighted by molar-refractivity contribution is 5.77. The van der Waals surface area contributed by atoms with E-state index in [1.807, 2.05) is 24.3 Å². The maximum atomic E-state index is 12.8. The zero-order chi connectivity index (χ0) is 23.9. The van der Waals surface area contributed by atoms with Crippen molar-refractivity contribution in [1.29, 1.82) is 0 Å². The topological polar surface area (TPSA) is 54.0 Å². The molecule has 4 saturated carbocycles. The van der Waals surface area contributed by atoms with Crippen LogP contribution in [0.5, 0.6) is 5.75 Å². The first-order chi connectivity index (χ1) is 17.2. The van der Waals surface area contributed by atoms with Gasteiger partial charge in [0.25, 0.3) is 0 Å². The SMILES string of the molecule is O=C(OCCOCCOCCOc1ccc(C2C=CC=CC=C2)cc1)C12CC3CC(CC(C3)C1)C2. The van der Waals surface area contributed by atoms with E-state index in [0.29, 0.717) is 45.6 Å². The molecule has 188 valence electrons. The number of ether oxygens (including phenoxy) is 4. The van der Waals surface area contributed by atoms with E-state index in [1.165, 1.54) is 24.8 Å². The smallest absolute Gasteiger partial charge is 0.312 e. The molecule has 0 saturated heterocycles. The van der Waals surface area contributed by atoms with Crippen molar-refractivity contribution >= 4 is 5.97 Å². The van der Waals surface area contributed by atoms with E-state index >= 15 is 0 Å². The van der Waals surface area contributed by atoms with Gasteiger partial charge in [-0.25, -0.2) is 0 Å². The molecule has 35 heavy (non-hydrogen) atoms. The van der Waals surface area contributed by atoms with Crippen LogP contribution in [0.15, 0.2) is 60.7 Å². The van der Waals surface area contributed by atoms with Crippen LogP contribution in [0.1, 0.15) is 50.0 Å². The van der Waals surface area contributed by atoms with E-state index < -0.39 is 0 Å². The summed E-state index contributed by atoms with van der Waals surface area (Å²) in [4.78, 5) is 12.8. The highest BCUT2D eigenvalue weighted by Crippen LogP contribution is 2.60. The molecule has 5 heteroatoms. The van der Waals surface area contributed by atoms with Gasteiger partial charge in [0.05, 0.1) is 31.8 Å². The van der Waals surface area contributed by atoms with Gasteiger partial charge in [0.15, 0.2) is 0 Å². The Morgan fingerprint density at radius 1 is 0.714 bits per heavy atom. The highest BCUT2D eigenvalue weighted by atomic mass is 16.6. The van der Waals surface area contributed by atoms with Crippen LogP contribution >= 0.6 is 0 Å². The van der Waals surface area contributed by atoms with Gasteiger partial charge in [-0.1, -0.05) is 48.6 Å². The molecule has 1 aromatic carbocycles. The van der Waals surface area contributed by atoms with Crippen LogP contribution in [0.3, 0.4) is 0 Å².